The minimum atomic E-state index is -1.13. The van der Waals surface area contributed by atoms with E-state index in [-0.39, 0.29) is 24.8 Å². The third-order valence-electron chi connectivity index (χ3n) is 7.05. The summed E-state index contributed by atoms with van der Waals surface area (Å²) in [5.74, 6) is 0.639. The van der Waals surface area contributed by atoms with Gasteiger partial charge in [-0.05, 0) is 29.0 Å². The summed E-state index contributed by atoms with van der Waals surface area (Å²) in [5, 5.41) is 3.27. The molecule has 2 aromatic rings. The van der Waals surface area contributed by atoms with Gasteiger partial charge in [-0.15, -0.1) is 0 Å². The second-order valence-electron chi connectivity index (χ2n) is 9.61. The molecule has 3 heterocycles. The Balaban J connectivity index is 0.000000190. The molecule has 0 spiro atoms. The predicted octanol–water partition coefficient (Wildman–Crippen LogP) is 1.38. The first-order chi connectivity index (χ1) is 14.8. The average Bonchev–Trinajstić information content (AvgIpc) is 3.45. The van der Waals surface area contributed by atoms with Gasteiger partial charge in [-0.25, -0.2) is 0 Å². The van der Waals surface area contributed by atoms with Crippen LogP contribution in [0.2, 0.25) is 13.1 Å². The maximum Gasteiger partial charge on any atom is 0.116 e. The van der Waals surface area contributed by atoms with E-state index in [0.29, 0.717) is 9.54 Å². The molecular formula is C28H28Cl2NSiZr. The molecule has 2 aromatic carbocycles. The number of halogens is 2. The fourth-order valence-corrected chi connectivity index (χ4v) is 11.2. The van der Waals surface area contributed by atoms with E-state index in [0.717, 1.165) is 0 Å². The molecule has 1 unspecified atom stereocenters. The first kappa shape index (κ1) is 26.4. The number of fused-ring (bicyclic) bond motifs is 1. The van der Waals surface area contributed by atoms with Gasteiger partial charge in [0.1, 0.15) is 8.07 Å². The van der Waals surface area contributed by atoms with Crippen LogP contribution in [-0.2, 0) is 24.7 Å². The van der Waals surface area contributed by atoms with Crippen LogP contribution in [0, 0.1) is 5.92 Å². The molecular weight excluding hydrogens is 541 g/mol. The topological polar surface area (TPSA) is 12.4 Å². The molecule has 5 heteroatoms. The summed E-state index contributed by atoms with van der Waals surface area (Å²) in [5.41, 5.74) is 11.5. The molecule has 0 N–H and O–H groups in total. The van der Waals surface area contributed by atoms with Crippen LogP contribution in [0.15, 0.2) is 92.4 Å². The number of benzene rings is 2. The first-order valence-electron chi connectivity index (χ1n) is 11.1. The summed E-state index contributed by atoms with van der Waals surface area (Å²) >= 11 is 1.60. The number of aliphatic imine (C=N–C) groups is 1. The summed E-state index contributed by atoms with van der Waals surface area (Å²) in [7, 11) is -1.13. The van der Waals surface area contributed by atoms with E-state index in [2.05, 4.69) is 99.5 Å². The van der Waals surface area contributed by atoms with Crippen LogP contribution in [0.25, 0.3) is 17.2 Å². The third kappa shape index (κ3) is 4.10. The predicted molar refractivity (Wildman–Crippen MR) is 131 cm³/mol. The van der Waals surface area contributed by atoms with Crippen LogP contribution in [0.4, 0.5) is 0 Å². The van der Waals surface area contributed by atoms with Crippen LogP contribution in [-0.4, -0.2) is 14.3 Å². The van der Waals surface area contributed by atoms with Gasteiger partial charge < -0.3 is 24.8 Å². The van der Waals surface area contributed by atoms with E-state index < -0.39 is 8.07 Å². The zero-order valence-electron chi connectivity index (χ0n) is 19.7. The van der Waals surface area contributed by atoms with Crippen molar-refractivity contribution in [2.75, 3.05) is 0 Å². The average molecular weight is 569 g/mol. The van der Waals surface area contributed by atoms with Gasteiger partial charge in [0.15, 0.2) is 0 Å². The first-order valence-corrected chi connectivity index (χ1v) is 15.6. The van der Waals surface area contributed by atoms with Crippen LogP contribution < -0.4 is 24.8 Å². The molecule has 0 aromatic heterocycles. The summed E-state index contributed by atoms with van der Waals surface area (Å²) in [6.45, 7) is 11.7. The van der Waals surface area contributed by atoms with E-state index in [4.69, 9.17) is 0 Å². The van der Waals surface area contributed by atoms with Crippen LogP contribution >= 0.6 is 0 Å². The molecule has 5 aliphatic rings. The quantitative estimate of drug-likeness (QED) is 0.486. The Kier molecular flexibility index (Phi) is 7.81. The van der Waals surface area contributed by atoms with E-state index in [9.17, 15) is 0 Å². The van der Waals surface area contributed by atoms with Gasteiger partial charge in [-0.1, -0.05) is 13.1 Å². The molecule has 1 nitrogen and oxygen atoms in total. The van der Waals surface area contributed by atoms with Crippen LogP contribution in [0.3, 0.4) is 0 Å². The Morgan fingerprint density at radius 2 is 1.64 bits per heavy atom. The van der Waals surface area contributed by atoms with Crippen molar-refractivity contribution in [1.29, 1.82) is 0 Å². The molecule has 33 heavy (non-hydrogen) atoms. The molecule has 1 atom stereocenters. The second-order valence-corrected chi connectivity index (χ2v) is 15.3. The van der Waals surface area contributed by atoms with Gasteiger partial charge in [0.2, 0.25) is 0 Å². The molecule has 0 amide bonds. The summed E-state index contributed by atoms with van der Waals surface area (Å²) < 4.78 is 0.644. The number of nitrogens with zero attached hydrogens (tertiary/aromatic N) is 1. The monoisotopic (exact) mass is 566 g/mol. The number of rotatable bonds is 2. The molecule has 0 saturated carbocycles. The van der Waals surface area contributed by atoms with E-state index in [1.165, 1.54) is 39.1 Å². The minimum Gasteiger partial charge on any atom is -1.00 e. The third-order valence-corrected chi connectivity index (χ3v) is 12.4. The standard InChI is InChI=1S/C18H17.C10H11NSi.2ClH.Zr/c1-13(2)16-11-15-9-6-10-17(18(15)12-16)14-7-4-3-5-8-14;1-6-9-7-4-5-11-8(7)10(6)12(9,2)3;;;/h3-13H,1-2H3;4-5H,1-3H3;2*1H;/q;;;;+2/p-2. The normalized spacial score (nSPS) is 20.2. The van der Waals surface area contributed by atoms with E-state index in [1.807, 2.05) is 6.21 Å². The molecule has 7 rings (SSSR count). The smallest absolute Gasteiger partial charge is 0.116 e. The summed E-state index contributed by atoms with van der Waals surface area (Å²) in [4.78, 5) is 4.42. The number of hydrogen-bond donors (Lipinski definition) is 0. The zero-order chi connectivity index (χ0) is 21.9. The zero-order valence-corrected chi connectivity index (χ0v) is 24.7. The van der Waals surface area contributed by atoms with Crippen molar-refractivity contribution in [2.45, 2.75) is 37.5 Å². The fraction of sp³-hybridized carbons (Fsp3) is 0.250. The van der Waals surface area contributed by atoms with Gasteiger partial charge in [0, 0.05) is 11.8 Å². The molecule has 0 radical (unpaired) electrons. The summed E-state index contributed by atoms with van der Waals surface area (Å²) in [6.07, 6.45) is 6.53. The summed E-state index contributed by atoms with van der Waals surface area (Å²) in [6, 6.07) is 17.5. The van der Waals surface area contributed by atoms with Crippen molar-refractivity contribution in [1.82, 2.24) is 0 Å². The van der Waals surface area contributed by atoms with Crippen LogP contribution in [0.5, 0.6) is 0 Å². The number of allylic oxidation sites excluding steroid dienone is 5. The van der Waals surface area contributed by atoms with Crippen molar-refractivity contribution in [2.24, 2.45) is 10.9 Å². The molecule has 0 saturated heterocycles. The fourth-order valence-electron chi connectivity index (χ4n) is 5.67. The van der Waals surface area contributed by atoms with Gasteiger partial charge in [0.25, 0.3) is 0 Å². The Bertz CT molecular complexity index is 1250. The van der Waals surface area contributed by atoms with Crippen molar-refractivity contribution < 1.29 is 49.5 Å². The number of hydrogen-bond acceptors (Lipinski definition) is 1. The largest absolute Gasteiger partial charge is 1.00 e. The SMILES string of the molecule is CC(C)C1=Cc2c(-c3ccccc3)cccc2[CH]1[Zr+2].CC1=C2C3=CC=NC3=C1[Si]2(C)C.[Cl-].[Cl-]. The minimum absolute atomic E-state index is 0. The Labute approximate surface area is 226 Å². The maximum atomic E-state index is 4.42. The second kappa shape index (κ2) is 9.78. The van der Waals surface area contributed by atoms with Crippen LogP contribution in [0.1, 0.15) is 35.5 Å². The molecule has 2 aliphatic carbocycles. The molecule has 0 fully saturated rings. The van der Waals surface area contributed by atoms with E-state index >= 15 is 0 Å². The Morgan fingerprint density at radius 1 is 0.939 bits per heavy atom. The van der Waals surface area contributed by atoms with Gasteiger partial charge >= 0.3 is 131 Å². The Hall–Kier alpha value is -1.25. The van der Waals surface area contributed by atoms with Crippen molar-refractivity contribution in [3.05, 3.63) is 98.5 Å². The molecule has 2 bridgehead atoms. The van der Waals surface area contributed by atoms with Crippen molar-refractivity contribution in [3.8, 4) is 11.1 Å². The van der Waals surface area contributed by atoms with Gasteiger partial charge in [-0.2, -0.15) is 0 Å². The molecule has 167 valence electrons. The van der Waals surface area contributed by atoms with Gasteiger partial charge in [-0.3, -0.25) is 4.99 Å². The van der Waals surface area contributed by atoms with Crippen molar-refractivity contribution in [3.63, 3.8) is 0 Å². The van der Waals surface area contributed by atoms with Crippen molar-refractivity contribution >= 4 is 20.4 Å². The maximum absolute atomic E-state index is 4.42. The van der Waals surface area contributed by atoms with E-state index in [1.54, 1.807) is 40.7 Å². The molecule has 3 aliphatic heterocycles. The Morgan fingerprint density at radius 3 is 2.24 bits per heavy atom. The van der Waals surface area contributed by atoms with Gasteiger partial charge in [0.05, 0.1) is 5.70 Å².